The highest BCUT2D eigenvalue weighted by Crippen LogP contribution is 2.30. The molecule has 52 heavy (non-hydrogen) atoms. The molecule has 4 aromatic carbocycles. The van der Waals surface area contributed by atoms with Crippen molar-refractivity contribution in [3.63, 3.8) is 0 Å². The second kappa shape index (κ2) is 17.9. The molecule has 0 radical (unpaired) electrons. The summed E-state index contributed by atoms with van der Waals surface area (Å²) >= 11 is 6.42. The normalized spacial score (nSPS) is 16.3. The summed E-state index contributed by atoms with van der Waals surface area (Å²) in [6.45, 7) is 7.05. The van der Waals surface area contributed by atoms with Crippen LogP contribution in [0.2, 0.25) is 5.02 Å². The number of piperazine rings is 1. The molecule has 10 heteroatoms. The Kier molecular flexibility index (Phi) is 12.8. The van der Waals surface area contributed by atoms with Crippen LogP contribution in [-0.2, 0) is 29.1 Å². The minimum absolute atomic E-state index is 0.0391. The zero-order chi connectivity index (χ0) is 36.5. The lowest BCUT2D eigenvalue weighted by Gasteiger charge is -2.40. The van der Waals surface area contributed by atoms with Gasteiger partial charge in [-0.2, -0.15) is 0 Å². The molecule has 2 amide bonds. The number of methoxy groups -OCH3 is 1. The topological polar surface area (TPSA) is 74.3 Å². The molecule has 2 saturated heterocycles. The number of hydrogen-bond donors (Lipinski definition) is 1. The predicted octanol–water partition coefficient (Wildman–Crippen LogP) is 7.36. The highest BCUT2D eigenvalue weighted by Gasteiger charge is 2.37. The summed E-state index contributed by atoms with van der Waals surface area (Å²) in [5.74, 6) is 0.130. The number of nitrogens with zero attached hydrogens (tertiary/aromatic N) is 3. The maximum Gasteiger partial charge on any atom is 0.408 e. The lowest BCUT2D eigenvalue weighted by atomic mass is 9.88. The van der Waals surface area contributed by atoms with Gasteiger partial charge < -0.3 is 24.6 Å². The van der Waals surface area contributed by atoms with Crippen molar-refractivity contribution in [1.82, 2.24) is 20.0 Å². The molecule has 0 unspecified atom stereocenters. The van der Waals surface area contributed by atoms with Crippen LogP contribution >= 0.6 is 11.6 Å². The quantitative estimate of drug-likeness (QED) is 0.165. The standard InChI is InChI=1S/C42H48ClFN4O4/c1-30-13-16-38(44)37(40(30)51-2)28-47-23-25-48(26-24-47)41(49)39(45-42(50)52-29-31-9-5-3-6-10-31)33-17-20-46(21-18-33)22-19-34-27-35(43)14-15-36(34)32-11-7-4-8-12-32/h3-16,27,33,39H,17-26,28-29H2,1-2H3,(H,45,50)/t39-/m1/s1. The van der Waals surface area contributed by atoms with E-state index in [1.165, 1.54) is 22.8 Å². The number of alkyl carbamates (subject to hydrolysis) is 1. The zero-order valence-corrected chi connectivity index (χ0v) is 30.8. The van der Waals surface area contributed by atoms with Crippen LogP contribution in [0.15, 0.2) is 91.0 Å². The number of halogens is 2. The summed E-state index contributed by atoms with van der Waals surface area (Å²) in [7, 11) is 1.56. The first-order chi connectivity index (χ1) is 25.3. The van der Waals surface area contributed by atoms with Gasteiger partial charge in [0.05, 0.1) is 7.11 Å². The van der Waals surface area contributed by atoms with E-state index >= 15 is 0 Å². The van der Waals surface area contributed by atoms with Gasteiger partial charge in [0.25, 0.3) is 0 Å². The number of likely N-dealkylation sites (tertiary alicyclic amines) is 1. The molecule has 0 saturated carbocycles. The minimum Gasteiger partial charge on any atom is -0.496 e. The number of carbonyl (C=O) groups excluding carboxylic acids is 2. The molecule has 1 atom stereocenters. The van der Waals surface area contributed by atoms with Crippen molar-refractivity contribution in [2.75, 3.05) is 52.9 Å². The van der Waals surface area contributed by atoms with Crippen LogP contribution < -0.4 is 10.1 Å². The van der Waals surface area contributed by atoms with Crippen LogP contribution in [0.5, 0.6) is 5.75 Å². The van der Waals surface area contributed by atoms with Crippen LogP contribution in [0.3, 0.4) is 0 Å². The average molecular weight is 727 g/mol. The van der Waals surface area contributed by atoms with E-state index in [-0.39, 0.29) is 24.2 Å². The van der Waals surface area contributed by atoms with E-state index in [0.29, 0.717) is 44.0 Å². The third-order valence-corrected chi connectivity index (χ3v) is 10.6. The molecule has 0 aliphatic carbocycles. The van der Waals surface area contributed by atoms with Gasteiger partial charge in [-0.25, -0.2) is 9.18 Å². The molecule has 6 rings (SSSR count). The number of carbonyl (C=O) groups is 2. The highest BCUT2D eigenvalue weighted by atomic mass is 35.5. The van der Waals surface area contributed by atoms with Gasteiger partial charge in [0, 0.05) is 49.9 Å². The molecular formula is C42H48ClFN4O4. The van der Waals surface area contributed by atoms with Crippen molar-refractivity contribution in [1.29, 1.82) is 0 Å². The van der Waals surface area contributed by atoms with Crippen molar-refractivity contribution in [3.8, 4) is 16.9 Å². The second-order valence-electron chi connectivity index (χ2n) is 13.8. The first-order valence-corrected chi connectivity index (χ1v) is 18.5. The van der Waals surface area contributed by atoms with Gasteiger partial charge in [-0.15, -0.1) is 0 Å². The Hall–Kier alpha value is -4.44. The van der Waals surface area contributed by atoms with Crippen LogP contribution in [-0.4, -0.2) is 85.7 Å². The van der Waals surface area contributed by atoms with Crippen LogP contribution in [0.1, 0.15) is 35.1 Å². The Morgan fingerprint density at radius 3 is 2.27 bits per heavy atom. The molecular weight excluding hydrogens is 679 g/mol. The number of nitrogens with one attached hydrogen (secondary N) is 1. The molecule has 2 fully saturated rings. The smallest absolute Gasteiger partial charge is 0.408 e. The van der Waals surface area contributed by atoms with Gasteiger partial charge in [0.15, 0.2) is 0 Å². The highest BCUT2D eigenvalue weighted by molar-refractivity contribution is 6.30. The van der Waals surface area contributed by atoms with Gasteiger partial charge in [-0.05, 0) is 91.2 Å². The number of benzene rings is 4. The molecule has 4 aromatic rings. The van der Waals surface area contributed by atoms with Gasteiger partial charge in [0.2, 0.25) is 5.91 Å². The summed E-state index contributed by atoms with van der Waals surface area (Å²) < 4.78 is 25.9. The third kappa shape index (κ3) is 9.50. The van der Waals surface area contributed by atoms with Crippen molar-refractivity contribution in [3.05, 3.63) is 124 Å². The molecule has 2 aliphatic rings. The zero-order valence-electron chi connectivity index (χ0n) is 30.0. The molecule has 0 aromatic heterocycles. The van der Waals surface area contributed by atoms with Crippen LogP contribution in [0.4, 0.5) is 9.18 Å². The third-order valence-electron chi connectivity index (χ3n) is 10.4. The Morgan fingerprint density at radius 2 is 1.58 bits per heavy atom. The number of rotatable bonds is 12. The van der Waals surface area contributed by atoms with Crippen molar-refractivity contribution in [2.24, 2.45) is 5.92 Å². The first-order valence-electron chi connectivity index (χ1n) is 18.2. The largest absolute Gasteiger partial charge is 0.496 e. The molecule has 2 aliphatic heterocycles. The number of amides is 2. The summed E-state index contributed by atoms with van der Waals surface area (Å²) in [5.41, 5.74) is 5.85. The first kappa shape index (κ1) is 37.3. The summed E-state index contributed by atoms with van der Waals surface area (Å²) in [6, 6.07) is 28.4. The monoisotopic (exact) mass is 726 g/mol. The van der Waals surface area contributed by atoms with Gasteiger partial charge in [-0.3, -0.25) is 9.69 Å². The lowest BCUT2D eigenvalue weighted by Crippen LogP contribution is -2.58. The fourth-order valence-corrected chi connectivity index (χ4v) is 7.62. The Morgan fingerprint density at radius 1 is 0.885 bits per heavy atom. The van der Waals surface area contributed by atoms with Crippen molar-refractivity contribution in [2.45, 2.75) is 45.4 Å². The van der Waals surface area contributed by atoms with Gasteiger partial charge in [0.1, 0.15) is 24.2 Å². The Labute approximate surface area is 311 Å². The van der Waals surface area contributed by atoms with E-state index in [1.807, 2.05) is 66.4 Å². The molecule has 1 N–H and O–H groups in total. The number of ether oxygens (including phenoxy) is 2. The van der Waals surface area contributed by atoms with E-state index in [1.54, 1.807) is 13.2 Å². The van der Waals surface area contributed by atoms with E-state index in [9.17, 15) is 14.0 Å². The summed E-state index contributed by atoms with van der Waals surface area (Å²) in [4.78, 5) is 33.8. The summed E-state index contributed by atoms with van der Waals surface area (Å²) in [5, 5.41) is 3.70. The van der Waals surface area contributed by atoms with Gasteiger partial charge in [-0.1, -0.05) is 84.4 Å². The fraction of sp³-hybridized carbons (Fsp3) is 0.381. The number of hydrogen-bond acceptors (Lipinski definition) is 6. The Balaban J connectivity index is 1.08. The molecule has 0 spiro atoms. The van der Waals surface area contributed by atoms with E-state index in [4.69, 9.17) is 21.1 Å². The minimum atomic E-state index is -0.705. The van der Waals surface area contributed by atoms with Crippen LogP contribution in [0.25, 0.3) is 11.1 Å². The Bertz CT molecular complexity index is 1790. The fourth-order valence-electron chi connectivity index (χ4n) is 7.43. The van der Waals surface area contributed by atoms with Crippen LogP contribution in [0, 0.1) is 18.7 Å². The van der Waals surface area contributed by atoms with E-state index in [2.05, 4.69) is 39.4 Å². The lowest BCUT2D eigenvalue weighted by molar-refractivity contribution is -0.137. The number of piperidine rings is 1. The predicted molar refractivity (Wildman–Crippen MR) is 203 cm³/mol. The molecule has 274 valence electrons. The van der Waals surface area contributed by atoms with Gasteiger partial charge >= 0.3 is 6.09 Å². The molecule has 2 heterocycles. The average Bonchev–Trinajstić information content (AvgIpc) is 3.18. The molecule has 0 bridgehead atoms. The second-order valence-corrected chi connectivity index (χ2v) is 14.2. The van der Waals surface area contributed by atoms with Crippen molar-refractivity contribution < 1.29 is 23.5 Å². The molecule has 8 nitrogen and oxygen atoms in total. The number of aryl methyl sites for hydroxylation is 1. The maximum atomic E-state index is 14.8. The van der Waals surface area contributed by atoms with E-state index in [0.717, 1.165) is 55.0 Å². The van der Waals surface area contributed by atoms with Crippen molar-refractivity contribution >= 4 is 23.6 Å². The van der Waals surface area contributed by atoms with E-state index < -0.39 is 12.1 Å². The maximum absolute atomic E-state index is 14.8. The summed E-state index contributed by atoms with van der Waals surface area (Å²) in [6.07, 6.45) is 1.79. The SMILES string of the molecule is COc1c(C)ccc(F)c1CN1CCN(C(=O)[C@H](NC(=O)OCc2ccccc2)C2CCN(CCc3cc(Cl)ccc3-c3ccccc3)CC2)CC1.